The van der Waals surface area contributed by atoms with Crippen molar-refractivity contribution in [1.82, 2.24) is 4.90 Å². The topological polar surface area (TPSA) is 29.3 Å². The van der Waals surface area contributed by atoms with Gasteiger partial charge < -0.3 is 10.6 Å². The minimum Gasteiger partial charge on any atom is -0.323 e. The number of hydrogen-bond donors (Lipinski definition) is 1. The van der Waals surface area contributed by atoms with Crippen molar-refractivity contribution in [3.8, 4) is 0 Å². The van der Waals surface area contributed by atoms with E-state index in [-0.39, 0.29) is 6.04 Å². The highest BCUT2D eigenvalue weighted by molar-refractivity contribution is 5.36. The standard InChI is InChI=1S/C13H20N2/c1-9-8-12(15(2)3)13(14)11-7-5-4-6-10(9)11/h4-7,9,12-13H,8,14H2,1-3H3. The van der Waals surface area contributed by atoms with Crippen LogP contribution in [0.4, 0.5) is 0 Å². The van der Waals surface area contributed by atoms with Gasteiger partial charge in [0.05, 0.1) is 0 Å². The van der Waals surface area contributed by atoms with E-state index in [1.807, 2.05) is 0 Å². The van der Waals surface area contributed by atoms with E-state index >= 15 is 0 Å². The SMILES string of the molecule is CC1CC(N(C)C)C(N)c2ccccc21. The van der Waals surface area contributed by atoms with Crippen molar-refractivity contribution in [2.45, 2.75) is 31.3 Å². The van der Waals surface area contributed by atoms with Gasteiger partial charge in [0.15, 0.2) is 0 Å². The Hall–Kier alpha value is -0.860. The molecule has 0 saturated heterocycles. The molecule has 0 heterocycles. The minimum absolute atomic E-state index is 0.160. The van der Waals surface area contributed by atoms with Crippen LogP contribution in [0.25, 0.3) is 0 Å². The van der Waals surface area contributed by atoms with Crippen LogP contribution in [-0.2, 0) is 0 Å². The van der Waals surface area contributed by atoms with Crippen LogP contribution in [0.3, 0.4) is 0 Å². The smallest absolute Gasteiger partial charge is 0.0455 e. The highest BCUT2D eigenvalue weighted by atomic mass is 15.1. The molecule has 1 aromatic rings. The highest BCUT2D eigenvalue weighted by Crippen LogP contribution is 2.37. The summed E-state index contributed by atoms with van der Waals surface area (Å²) in [7, 11) is 4.23. The van der Waals surface area contributed by atoms with Crippen LogP contribution in [0.15, 0.2) is 24.3 Å². The third kappa shape index (κ3) is 1.80. The molecule has 1 aliphatic rings. The summed E-state index contributed by atoms with van der Waals surface area (Å²) in [6.07, 6.45) is 1.16. The zero-order valence-electron chi connectivity index (χ0n) is 9.77. The molecule has 0 aliphatic heterocycles. The second-order valence-electron chi connectivity index (χ2n) is 4.82. The predicted molar refractivity (Wildman–Crippen MR) is 63.9 cm³/mol. The summed E-state index contributed by atoms with van der Waals surface area (Å²) in [5, 5.41) is 0. The van der Waals surface area contributed by atoms with Crippen LogP contribution in [0.2, 0.25) is 0 Å². The lowest BCUT2D eigenvalue weighted by Crippen LogP contribution is -2.42. The summed E-state index contributed by atoms with van der Waals surface area (Å²) < 4.78 is 0. The largest absolute Gasteiger partial charge is 0.323 e. The van der Waals surface area contributed by atoms with Crippen LogP contribution < -0.4 is 5.73 Å². The summed E-state index contributed by atoms with van der Waals surface area (Å²) in [5.74, 6) is 0.619. The molecule has 0 saturated carbocycles. The number of likely N-dealkylation sites (N-methyl/N-ethyl adjacent to an activating group) is 1. The molecule has 0 radical (unpaired) electrons. The zero-order valence-corrected chi connectivity index (χ0v) is 9.77. The maximum atomic E-state index is 6.31. The lowest BCUT2D eigenvalue weighted by molar-refractivity contribution is 0.218. The Morgan fingerprint density at radius 2 is 1.80 bits per heavy atom. The van der Waals surface area contributed by atoms with E-state index in [9.17, 15) is 0 Å². The number of rotatable bonds is 1. The Labute approximate surface area is 92.1 Å². The number of nitrogens with zero attached hydrogens (tertiary/aromatic N) is 1. The number of nitrogens with two attached hydrogens (primary N) is 1. The quantitative estimate of drug-likeness (QED) is 0.759. The lowest BCUT2D eigenvalue weighted by atomic mass is 9.78. The molecule has 3 atom stereocenters. The van der Waals surface area contributed by atoms with Gasteiger partial charge in [0, 0.05) is 12.1 Å². The van der Waals surface area contributed by atoms with Gasteiger partial charge in [-0.05, 0) is 37.6 Å². The molecule has 2 rings (SSSR count). The fourth-order valence-electron chi connectivity index (χ4n) is 2.64. The van der Waals surface area contributed by atoms with E-state index in [0.717, 1.165) is 6.42 Å². The Morgan fingerprint density at radius 3 is 2.40 bits per heavy atom. The molecular weight excluding hydrogens is 184 g/mol. The summed E-state index contributed by atoms with van der Waals surface area (Å²) >= 11 is 0. The van der Waals surface area contributed by atoms with Crippen molar-refractivity contribution in [2.24, 2.45) is 5.73 Å². The number of fused-ring (bicyclic) bond motifs is 1. The van der Waals surface area contributed by atoms with Gasteiger partial charge in [-0.3, -0.25) is 0 Å². The van der Waals surface area contributed by atoms with Crippen molar-refractivity contribution in [2.75, 3.05) is 14.1 Å². The third-order valence-corrected chi connectivity index (χ3v) is 3.56. The van der Waals surface area contributed by atoms with Crippen molar-refractivity contribution < 1.29 is 0 Å². The lowest BCUT2D eigenvalue weighted by Gasteiger charge is -2.38. The van der Waals surface area contributed by atoms with E-state index in [1.54, 1.807) is 0 Å². The van der Waals surface area contributed by atoms with E-state index in [2.05, 4.69) is 50.2 Å². The molecule has 2 nitrogen and oxygen atoms in total. The molecule has 1 aromatic carbocycles. The van der Waals surface area contributed by atoms with Crippen molar-refractivity contribution in [3.63, 3.8) is 0 Å². The first-order chi connectivity index (χ1) is 7.11. The second kappa shape index (κ2) is 3.95. The first kappa shape index (κ1) is 10.7. The molecule has 0 fully saturated rings. The molecule has 2 heteroatoms. The molecule has 3 unspecified atom stereocenters. The Bertz CT molecular complexity index is 346. The van der Waals surface area contributed by atoms with Crippen LogP contribution in [0.5, 0.6) is 0 Å². The van der Waals surface area contributed by atoms with Crippen molar-refractivity contribution in [3.05, 3.63) is 35.4 Å². The van der Waals surface area contributed by atoms with E-state index in [0.29, 0.717) is 12.0 Å². The Balaban J connectivity index is 2.39. The summed E-state index contributed by atoms with van der Waals surface area (Å²) in [4.78, 5) is 2.25. The van der Waals surface area contributed by atoms with Crippen LogP contribution in [0, 0.1) is 0 Å². The molecule has 0 spiro atoms. The molecule has 82 valence electrons. The van der Waals surface area contributed by atoms with E-state index in [1.165, 1.54) is 11.1 Å². The number of benzene rings is 1. The average molecular weight is 204 g/mol. The number of hydrogen-bond acceptors (Lipinski definition) is 2. The van der Waals surface area contributed by atoms with Gasteiger partial charge in [-0.2, -0.15) is 0 Å². The van der Waals surface area contributed by atoms with Gasteiger partial charge >= 0.3 is 0 Å². The van der Waals surface area contributed by atoms with Crippen LogP contribution in [-0.4, -0.2) is 25.0 Å². The molecule has 0 amide bonds. The first-order valence-corrected chi connectivity index (χ1v) is 5.62. The predicted octanol–water partition coefficient (Wildman–Crippen LogP) is 2.12. The molecule has 15 heavy (non-hydrogen) atoms. The second-order valence-corrected chi connectivity index (χ2v) is 4.82. The molecule has 0 aromatic heterocycles. The average Bonchev–Trinajstić information content (AvgIpc) is 2.23. The van der Waals surface area contributed by atoms with Crippen molar-refractivity contribution in [1.29, 1.82) is 0 Å². The Morgan fingerprint density at radius 1 is 1.20 bits per heavy atom. The fraction of sp³-hybridized carbons (Fsp3) is 0.538. The molecule has 1 aliphatic carbocycles. The normalized spacial score (nSPS) is 30.3. The molecule has 2 N–H and O–H groups in total. The van der Waals surface area contributed by atoms with Gasteiger partial charge in [0.1, 0.15) is 0 Å². The summed E-state index contributed by atoms with van der Waals surface area (Å²) in [5.41, 5.74) is 9.07. The van der Waals surface area contributed by atoms with Crippen molar-refractivity contribution >= 4 is 0 Å². The van der Waals surface area contributed by atoms with Gasteiger partial charge in [-0.25, -0.2) is 0 Å². The first-order valence-electron chi connectivity index (χ1n) is 5.62. The Kier molecular flexibility index (Phi) is 2.81. The summed E-state index contributed by atoms with van der Waals surface area (Å²) in [6.45, 7) is 2.29. The monoisotopic (exact) mass is 204 g/mol. The van der Waals surface area contributed by atoms with Gasteiger partial charge in [-0.1, -0.05) is 31.2 Å². The van der Waals surface area contributed by atoms with E-state index < -0.39 is 0 Å². The van der Waals surface area contributed by atoms with Gasteiger partial charge in [0.25, 0.3) is 0 Å². The minimum atomic E-state index is 0.160. The highest BCUT2D eigenvalue weighted by Gasteiger charge is 2.31. The zero-order chi connectivity index (χ0) is 11.0. The third-order valence-electron chi connectivity index (χ3n) is 3.56. The van der Waals surface area contributed by atoms with Crippen LogP contribution in [0.1, 0.15) is 36.4 Å². The maximum absolute atomic E-state index is 6.31. The summed E-state index contributed by atoms with van der Waals surface area (Å²) in [6, 6.07) is 9.21. The van der Waals surface area contributed by atoms with Crippen LogP contribution >= 0.6 is 0 Å². The maximum Gasteiger partial charge on any atom is 0.0455 e. The van der Waals surface area contributed by atoms with Gasteiger partial charge in [0.2, 0.25) is 0 Å². The van der Waals surface area contributed by atoms with Gasteiger partial charge in [-0.15, -0.1) is 0 Å². The molecular formula is C13H20N2. The molecule has 0 bridgehead atoms. The van der Waals surface area contributed by atoms with E-state index in [4.69, 9.17) is 5.73 Å². The fourth-order valence-corrected chi connectivity index (χ4v) is 2.64.